The molecule has 4 heterocycles. The number of aromatic amines is 1. The molecule has 1 spiro atoms. The van der Waals surface area contributed by atoms with E-state index in [1.54, 1.807) is 6.07 Å². The van der Waals surface area contributed by atoms with Crippen LogP contribution >= 0.6 is 0 Å². The van der Waals surface area contributed by atoms with Crippen LogP contribution in [-0.4, -0.2) is 70.2 Å². The number of carbonyl (C=O) groups is 2. The van der Waals surface area contributed by atoms with Crippen molar-refractivity contribution in [1.29, 1.82) is 0 Å². The first kappa shape index (κ1) is 20.9. The van der Waals surface area contributed by atoms with E-state index in [1.807, 2.05) is 4.90 Å². The number of methoxy groups -OCH3 is 1. The number of ether oxygens (including phenoxy) is 1. The Balaban J connectivity index is 1.28. The molecule has 32 heavy (non-hydrogen) atoms. The highest BCUT2D eigenvalue weighted by atomic mass is 19.1. The number of likely N-dealkylation sites (tertiary alicyclic amines) is 1. The van der Waals surface area contributed by atoms with Gasteiger partial charge in [0.15, 0.2) is 11.5 Å². The van der Waals surface area contributed by atoms with Gasteiger partial charge in [-0.1, -0.05) is 0 Å². The second-order valence-corrected chi connectivity index (χ2v) is 8.94. The van der Waals surface area contributed by atoms with Gasteiger partial charge in [0, 0.05) is 42.2 Å². The van der Waals surface area contributed by atoms with E-state index in [0.717, 1.165) is 38.5 Å². The van der Waals surface area contributed by atoms with E-state index in [0.29, 0.717) is 25.1 Å². The van der Waals surface area contributed by atoms with Crippen molar-refractivity contribution in [3.63, 3.8) is 0 Å². The molecule has 170 valence electrons. The van der Waals surface area contributed by atoms with Gasteiger partial charge >= 0.3 is 0 Å². The Labute approximate surface area is 185 Å². The molecule has 0 aromatic carbocycles. The summed E-state index contributed by atoms with van der Waals surface area (Å²) in [5.74, 6) is -0.423. The lowest BCUT2D eigenvalue weighted by molar-refractivity contribution is -0.127. The maximum Gasteiger partial charge on any atom is 0.274 e. The fourth-order valence-electron chi connectivity index (χ4n) is 4.89. The Bertz CT molecular complexity index is 1030. The molecule has 2 amide bonds. The van der Waals surface area contributed by atoms with Gasteiger partial charge < -0.3 is 20.3 Å². The topological polar surface area (TPSA) is 112 Å². The number of H-pyrrole nitrogens is 1. The minimum Gasteiger partial charge on any atom is -0.481 e. The lowest BCUT2D eigenvalue weighted by Crippen LogP contribution is -2.51. The van der Waals surface area contributed by atoms with Gasteiger partial charge in [-0.05, 0) is 44.7 Å². The van der Waals surface area contributed by atoms with E-state index < -0.39 is 5.82 Å². The summed E-state index contributed by atoms with van der Waals surface area (Å²) in [7, 11) is 1.45. The van der Waals surface area contributed by atoms with Crippen LogP contribution in [-0.2, 0) is 4.79 Å². The highest BCUT2D eigenvalue weighted by Gasteiger charge is 2.54. The van der Waals surface area contributed by atoms with E-state index in [1.165, 1.54) is 13.2 Å². The number of hydrogen-bond acceptors (Lipinski definition) is 6. The van der Waals surface area contributed by atoms with Gasteiger partial charge in [0.2, 0.25) is 11.8 Å². The van der Waals surface area contributed by atoms with E-state index in [2.05, 4.69) is 25.8 Å². The quantitative estimate of drug-likeness (QED) is 0.647. The molecular formula is C22H27FN6O3. The fraction of sp³-hybridized carbons (Fsp3) is 0.545. The number of nitrogens with one attached hydrogen (secondary N) is 3. The SMILES string of the molecule is COc1cc(-c2cc(C(=O)N3CC[C@H](C(=O)NC4CCNC4)CC34CC4)n[nH]2)c(F)cn1. The normalized spacial score (nSPS) is 23.9. The number of halogens is 1. The van der Waals surface area contributed by atoms with Crippen LogP contribution in [0.2, 0.25) is 0 Å². The molecule has 10 heteroatoms. The highest BCUT2D eigenvalue weighted by Crippen LogP contribution is 2.50. The molecule has 0 radical (unpaired) electrons. The minimum absolute atomic E-state index is 0.0738. The second kappa shape index (κ2) is 8.16. The number of amides is 2. The number of piperidine rings is 1. The molecule has 1 aliphatic carbocycles. The second-order valence-electron chi connectivity index (χ2n) is 8.94. The molecule has 2 aromatic heterocycles. The molecular weight excluding hydrogens is 415 g/mol. The van der Waals surface area contributed by atoms with Crippen LogP contribution in [0.25, 0.3) is 11.3 Å². The van der Waals surface area contributed by atoms with Crippen LogP contribution in [0.3, 0.4) is 0 Å². The Morgan fingerprint density at radius 3 is 2.88 bits per heavy atom. The monoisotopic (exact) mass is 442 g/mol. The average Bonchev–Trinajstić information content (AvgIpc) is 3.20. The average molecular weight is 442 g/mol. The predicted molar refractivity (Wildman–Crippen MR) is 113 cm³/mol. The molecule has 3 aliphatic rings. The van der Waals surface area contributed by atoms with Crippen molar-refractivity contribution in [2.45, 2.75) is 43.7 Å². The molecule has 2 saturated heterocycles. The van der Waals surface area contributed by atoms with Crippen LogP contribution < -0.4 is 15.4 Å². The molecule has 3 fully saturated rings. The summed E-state index contributed by atoms with van der Waals surface area (Å²) in [6.07, 6.45) is 5.12. The lowest BCUT2D eigenvalue weighted by atomic mass is 9.87. The first-order valence-electron chi connectivity index (χ1n) is 11.1. The Morgan fingerprint density at radius 1 is 1.31 bits per heavy atom. The van der Waals surface area contributed by atoms with Crippen LogP contribution in [0.5, 0.6) is 5.88 Å². The third kappa shape index (κ3) is 3.83. The van der Waals surface area contributed by atoms with E-state index >= 15 is 0 Å². The van der Waals surface area contributed by atoms with E-state index in [-0.39, 0.29) is 46.5 Å². The first-order chi connectivity index (χ1) is 15.5. The molecule has 2 atom stereocenters. The molecule has 1 saturated carbocycles. The summed E-state index contributed by atoms with van der Waals surface area (Å²) in [6, 6.07) is 3.22. The molecule has 2 aliphatic heterocycles. The minimum atomic E-state index is -0.531. The highest BCUT2D eigenvalue weighted by molar-refractivity contribution is 5.94. The van der Waals surface area contributed by atoms with Crippen molar-refractivity contribution in [2.75, 3.05) is 26.7 Å². The summed E-state index contributed by atoms with van der Waals surface area (Å²) in [6.45, 7) is 2.27. The number of nitrogens with zero attached hydrogens (tertiary/aromatic N) is 3. The zero-order chi connectivity index (χ0) is 22.3. The predicted octanol–water partition coefficient (Wildman–Crippen LogP) is 1.48. The summed E-state index contributed by atoms with van der Waals surface area (Å²) in [4.78, 5) is 31.7. The van der Waals surface area contributed by atoms with E-state index in [4.69, 9.17) is 4.74 Å². The van der Waals surface area contributed by atoms with Crippen molar-refractivity contribution in [1.82, 2.24) is 30.7 Å². The van der Waals surface area contributed by atoms with Gasteiger partial charge in [-0.3, -0.25) is 14.7 Å². The van der Waals surface area contributed by atoms with Gasteiger partial charge in [-0.25, -0.2) is 9.37 Å². The molecule has 2 aromatic rings. The van der Waals surface area contributed by atoms with Crippen molar-refractivity contribution in [3.05, 3.63) is 29.8 Å². The third-order valence-electron chi connectivity index (χ3n) is 6.88. The zero-order valence-electron chi connectivity index (χ0n) is 18.0. The van der Waals surface area contributed by atoms with Gasteiger partial charge in [0.05, 0.1) is 19.0 Å². The Morgan fingerprint density at radius 2 is 2.16 bits per heavy atom. The maximum atomic E-state index is 14.3. The Kier molecular flexibility index (Phi) is 5.32. The number of hydrogen-bond donors (Lipinski definition) is 3. The van der Waals surface area contributed by atoms with Crippen LogP contribution in [0, 0.1) is 11.7 Å². The van der Waals surface area contributed by atoms with Gasteiger partial charge in [-0.2, -0.15) is 5.10 Å². The molecule has 9 nitrogen and oxygen atoms in total. The number of pyridine rings is 1. The van der Waals surface area contributed by atoms with Crippen molar-refractivity contribution in [2.24, 2.45) is 5.92 Å². The third-order valence-corrected chi connectivity index (χ3v) is 6.88. The smallest absolute Gasteiger partial charge is 0.274 e. The van der Waals surface area contributed by atoms with Gasteiger partial charge in [0.25, 0.3) is 5.91 Å². The maximum absolute atomic E-state index is 14.3. The largest absolute Gasteiger partial charge is 0.481 e. The van der Waals surface area contributed by atoms with Crippen LogP contribution in [0.15, 0.2) is 18.3 Å². The van der Waals surface area contributed by atoms with Crippen molar-refractivity contribution < 1.29 is 18.7 Å². The molecule has 0 bridgehead atoms. The summed E-state index contributed by atoms with van der Waals surface area (Å²) in [5, 5.41) is 13.3. The molecule has 3 N–H and O–H groups in total. The van der Waals surface area contributed by atoms with Crippen molar-refractivity contribution in [3.8, 4) is 17.1 Å². The molecule has 5 rings (SSSR count). The number of carbonyl (C=O) groups excluding carboxylic acids is 2. The van der Waals surface area contributed by atoms with Crippen molar-refractivity contribution >= 4 is 11.8 Å². The fourth-order valence-corrected chi connectivity index (χ4v) is 4.89. The first-order valence-corrected chi connectivity index (χ1v) is 11.1. The van der Waals surface area contributed by atoms with Gasteiger partial charge in [0.1, 0.15) is 0 Å². The zero-order valence-corrected chi connectivity index (χ0v) is 18.0. The number of aromatic nitrogens is 3. The van der Waals surface area contributed by atoms with Crippen LogP contribution in [0.4, 0.5) is 4.39 Å². The summed E-state index contributed by atoms with van der Waals surface area (Å²) in [5.41, 5.74) is 0.591. The molecule has 1 unspecified atom stereocenters. The van der Waals surface area contributed by atoms with E-state index in [9.17, 15) is 14.0 Å². The van der Waals surface area contributed by atoms with Crippen LogP contribution in [0.1, 0.15) is 42.6 Å². The van der Waals surface area contributed by atoms with Gasteiger partial charge in [-0.15, -0.1) is 0 Å². The summed E-state index contributed by atoms with van der Waals surface area (Å²) < 4.78 is 19.3. The Hall–Kier alpha value is -3.01. The lowest BCUT2D eigenvalue weighted by Gasteiger charge is -2.39. The standard InChI is InChI=1S/C22H27FN6O3/c1-32-19-8-15(16(23)12-25-19)17-9-18(28-27-17)21(31)29-7-3-13(10-22(29)4-5-22)20(30)26-14-2-6-24-11-14/h8-9,12-14,24H,2-7,10-11H2,1H3,(H,26,30)(H,27,28)/t13-,14?/m0/s1. The number of rotatable bonds is 5. The summed E-state index contributed by atoms with van der Waals surface area (Å²) >= 11 is 0.